The lowest BCUT2D eigenvalue weighted by Gasteiger charge is -2.37. The number of esters is 1. The van der Waals surface area contributed by atoms with E-state index in [2.05, 4.69) is 44.5 Å². The first kappa shape index (κ1) is 19.2. The lowest BCUT2D eigenvalue weighted by Crippen LogP contribution is -2.48. The molecule has 1 saturated heterocycles. The van der Waals surface area contributed by atoms with E-state index >= 15 is 0 Å². The van der Waals surface area contributed by atoms with Crippen LogP contribution in [0.3, 0.4) is 0 Å². The molecule has 1 unspecified atom stereocenters. The molecule has 0 aromatic heterocycles. The number of carbonyl (C=O) groups excluding carboxylic acids is 1. The minimum Gasteiger partial charge on any atom is -0.487 e. The van der Waals surface area contributed by atoms with Crippen molar-refractivity contribution >= 4 is 5.97 Å². The van der Waals surface area contributed by atoms with E-state index in [4.69, 9.17) is 9.47 Å². The Morgan fingerprint density at radius 3 is 2.31 bits per heavy atom. The van der Waals surface area contributed by atoms with E-state index in [0.717, 1.165) is 55.2 Å². The second-order valence-electron chi connectivity index (χ2n) is 8.40. The van der Waals surface area contributed by atoms with Gasteiger partial charge >= 0.3 is 5.97 Å². The van der Waals surface area contributed by atoms with E-state index < -0.39 is 0 Å². The number of carbonyl (C=O) groups is 1. The Morgan fingerprint density at radius 2 is 1.73 bits per heavy atom. The molecule has 2 aliphatic heterocycles. The molecule has 0 amide bonds. The topological polar surface area (TPSA) is 42.0 Å². The lowest BCUT2D eigenvalue weighted by atomic mass is 9.82. The van der Waals surface area contributed by atoms with Crippen molar-refractivity contribution in [2.75, 3.05) is 39.8 Å². The number of rotatable bonds is 3. The fraction of sp³-hybridized carbons (Fsp3) is 0.667. The van der Waals surface area contributed by atoms with Crippen LogP contribution < -0.4 is 9.47 Å². The second kappa shape index (κ2) is 6.86. The molecule has 1 aromatic rings. The standard InChI is InChI=1S/C21H32N2O3/c1-13-14(2)20-18(15(3)19(13)25-16(4)24)17(21(5,6)26-20)12-23-10-8-22(7)9-11-23/h17H,8-12H2,1-7H3. The molecule has 0 aliphatic carbocycles. The summed E-state index contributed by atoms with van der Waals surface area (Å²) in [5.74, 6) is 1.68. The van der Waals surface area contributed by atoms with Crippen molar-refractivity contribution in [1.29, 1.82) is 0 Å². The maximum absolute atomic E-state index is 11.6. The number of benzene rings is 1. The Labute approximate surface area is 157 Å². The molecule has 144 valence electrons. The Hall–Kier alpha value is -1.59. The Balaban J connectivity index is 2.00. The zero-order chi connectivity index (χ0) is 19.2. The van der Waals surface area contributed by atoms with Crippen molar-refractivity contribution in [2.24, 2.45) is 0 Å². The molecule has 1 fully saturated rings. The average molecular weight is 360 g/mol. The monoisotopic (exact) mass is 360 g/mol. The van der Waals surface area contributed by atoms with Crippen molar-refractivity contribution in [1.82, 2.24) is 9.80 Å². The summed E-state index contributed by atoms with van der Waals surface area (Å²) in [5, 5.41) is 0. The van der Waals surface area contributed by atoms with Gasteiger partial charge in [0.2, 0.25) is 0 Å². The maximum atomic E-state index is 11.6. The van der Waals surface area contributed by atoms with E-state index in [1.165, 1.54) is 12.5 Å². The van der Waals surface area contributed by atoms with Gasteiger partial charge in [0.05, 0.1) is 0 Å². The third-order valence-electron chi connectivity index (χ3n) is 6.07. The smallest absolute Gasteiger partial charge is 0.308 e. The molecule has 5 nitrogen and oxygen atoms in total. The highest BCUT2D eigenvalue weighted by Gasteiger charge is 2.45. The predicted molar refractivity (Wildman–Crippen MR) is 103 cm³/mol. The van der Waals surface area contributed by atoms with Crippen LogP contribution in [0.15, 0.2) is 0 Å². The number of nitrogens with zero attached hydrogens (tertiary/aromatic N) is 2. The van der Waals surface area contributed by atoms with Crippen molar-refractivity contribution < 1.29 is 14.3 Å². The normalized spacial score (nSPS) is 22.8. The zero-order valence-electron chi connectivity index (χ0n) is 17.2. The largest absolute Gasteiger partial charge is 0.487 e. The number of hydrogen-bond donors (Lipinski definition) is 0. The molecule has 0 N–H and O–H groups in total. The van der Waals surface area contributed by atoms with Gasteiger partial charge in [-0.15, -0.1) is 0 Å². The van der Waals surface area contributed by atoms with Gasteiger partial charge in [0, 0.05) is 51.1 Å². The summed E-state index contributed by atoms with van der Waals surface area (Å²) >= 11 is 0. The summed E-state index contributed by atoms with van der Waals surface area (Å²) in [6, 6.07) is 0. The molecule has 5 heteroatoms. The fourth-order valence-corrected chi connectivity index (χ4v) is 4.25. The summed E-state index contributed by atoms with van der Waals surface area (Å²) in [7, 11) is 2.18. The van der Waals surface area contributed by atoms with Gasteiger partial charge in [0.15, 0.2) is 0 Å². The second-order valence-corrected chi connectivity index (χ2v) is 8.40. The van der Waals surface area contributed by atoms with Crippen molar-refractivity contribution in [3.05, 3.63) is 22.3 Å². The van der Waals surface area contributed by atoms with Gasteiger partial charge in [-0.3, -0.25) is 4.79 Å². The van der Waals surface area contributed by atoms with Crippen molar-refractivity contribution in [2.45, 2.75) is 53.1 Å². The van der Waals surface area contributed by atoms with Gasteiger partial charge in [-0.1, -0.05) is 0 Å². The van der Waals surface area contributed by atoms with Gasteiger partial charge in [-0.2, -0.15) is 0 Å². The number of likely N-dealkylation sites (N-methyl/N-ethyl adjacent to an activating group) is 1. The molecule has 2 aliphatic rings. The van der Waals surface area contributed by atoms with E-state index in [1.54, 1.807) is 0 Å². The molecule has 0 bridgehead atoms. The zero-order valence-corrected chi connectivity index (χ0v) is 17.2. The summed E-state index contributed by atoms with van der Waals surface area (Å²) in [6.45, 7) is 17.3. The molecular weight excluding hydrogens is 328 g/mol. The average Bonchev–Trinajstić information content (AvgIpc) is 2.83. The van der Waals surface area contributed by atoms with Crippen molar-refractivity contribution in [3.63, 3.8) is 0 Å². The maximum Gasteiger partial charge on any atom is 0.308 e. The molecule has 0 spiro atoms. The summed E-state index contributed by atoms with van der Waals surface area (Å²) in [6.07, 6.45) is 0. The highest BCUT2D eigenvalue weighted by Crippen LogP contribution is 2.51. The molecule has 2 heterocycles. The Morgan fingerprint density at radius 1 is 1.12 bits per heavy atom. The van der Waals surface area contributed by atoms with Crippen LogP contribution in [-0.2, 0) is 4.79 Å². The van der Waals surface area contributed by atoms with Crippen LogP contribution in [0, 0.1) is 20.8 Å². The highest BCUT2D eigenvalue weighted by molar-refractivity contribution is 5.72. The van der Waals surface area contributed by atoms with Gasteiger partial charge in [0.25, 0.3) is 0 Å². The number of fused-ring (bicyclic) bond motifs is 1. The van der Waals surface area contributed by atoms with Crippen LogP contribution in [0.2, 0.25) is 0 Å². The quantitative estimate of drug-likeness (QED) is 0.612. The molecule has 26 heavy (non-hydrogen) atoms. The van der Waals surface area contributed by atoms with Crippen LogP contribution in [0.25, 0.3) is 0 Å². The van der Waals surface area contributed by atoms with E-state index in [-0.39, 0.29) is 17.5 Å². The molecule has 0 saturated carbocycles. The van der Waals surface area contributed by atoms with Crippen LogP contribution in [0.1, 0.15) is 48.9 Å². The molecule has 0 radical (unpaired) electrons. The molecule has 1 atom stereocenters. The minimum absolute atomic E-state index is 0.259. The van der Waals surface area contributed by atoms with Crippen LogP contribution >= 0.6 is 0 Å². The van der Waals surface area contributed by atoms with Gasteiger partial charge in [-0.05, 0) is 58.4 Å². The molecule has 1 aromatic carbocycles. The third kappa shape index (κ3) is 3.35. The SMILES string of the molecule is CC(=O)Oc1c(C)c(C)c2c(c1C)C(CN1CCN(C)CC1)C(C)(C)O2. The van der Waals surface area contributed by atoms with E-state index in [0.29, 0.717) is 5.75 Å². The van der Waals surface area contributed by atoms with Crippen molar-refractivity contribution in [3.8, 4) is 11.5 Å². The van der Waals surface area contributed by atoms with E-state index in [9.17, 15) is 4.79 Å². The lowest BCUT2D eigenvalue weighted by molar-refractivity contribution is -0.131. The highest BCUT2D eigenvalue weighted by atomic mass is 16.5. The Bertz CT molecular complexity index is 719. The molecular formula is C21H32N2O3. The molecule has 3 rings (SSSR count). The third-order valence-corrected chi connectivity index (χ3v) is 6.07. The van der Waals surface area contributed by atoms with Gasteiger partial charge in [-0.25, -0.2) is 0 Å². The van der Waals surface area contributed by atoms with Crippen LogP contribution in [0.5, 0.6) is 11.5 Å². The minimum atomic E-state index is -0.275. The number of hydrogen-bond acceptors (Lipinski definition) is 5. The number of piperazine rings is 1. The van der Waals surface area contributed by atoms with Gasteiger partial charge < -0.3 is 19.3 Å². The van der Waals surface area contributed by atoms with E-state index in [1.807, 2.05) is 6.92 Å². The summed E-state index contributed by atoms with van der Waals surface area (Å²) in [4.78, 5) is 16.5. The fourth-order valence-electron chi connectivity index (χ4n) is 4.25. The van der Waals surface area contributed by atoms with Gasteiger partial charge in [0.1, 0.15) is 17.1 Å². The predicted octanol–water partition coefficient (Wildman–Crippen LogP) is 3.04. The summed E-state index contributed by atoms with van der Waals surface area (Å²) < 4.78 is 12.0. The Kier molecular flexibility index (Phi) is 5.06. The first-order valence-electron chi connectivity index (χ1n) is 9.53. The first-order chi connectivity index (χ1) is 12.1. The number of ether oxygens (including phenoxy) is 2. The van der Waals surface area contributed by atoms with Crippen LogP contribution in [-0.4, -0.2) is 61.1 Å². The first-order valence-corrected chi connectivity index (χ1v) is 9.53. The summed E-state index contributed by atoms with van der Waals surface area (Å²) in [5.41, 5.74) is 4.06. The van der Waals surface area contributed by atoms with Crippen LogP contribution in [0.4, 0.5) is 0 Å².